The van der Waals surface area contributed by atoms with Crippen LogP contribution >= 0.6 is 11.6 Å². The maximum atomic E-state index is 11.3. The number of ether oxygens (including phenoxy) is 2. The molecule has 20 heavy (non-hydrogen) atoms. The third kappa shape index (κ3) is 13.4. The van der Waals surface area contributed by atoms with E-state index in [2.05, 4.69) is 0 Å². The Morgan fingerprint density at radius 3 is 1.90 bits per heavy atom. The highest BCUT2D eigenvalue weighted by Gasteiger charge is 2.00. The fourth-order valence-electron chi connectivity index (χ4n) is 1.51. The number of hydrogen-bond donors (Lipinski definition) is 0. The first kappa shape index (κ1) is 19.0. The number of rotatable bonds is 12. The van der Waals surface area contributed by atoms with E-state index in [0.29, 0.717) is 13.2 Å². The third-order valence-electron chi connectivity index (χ3n) is 2.58. The van der Waals surface area contributed by atoms with Crippen molar-refractivity contribution < 1.29 is 19.1 Å². The fourth-order valence-corrected chi connectivity index (χ4v) is 1.70. The third-order valence-corrected chi connectivity index (χ3v) is 2.84. The van der Waals surface area contributed by atoms with Crippen LogP contribution in [0.5, 0.6) is 0 Å². The molecule has 0 aliphatic heterocycles. The lowest BCUT2D eigenvalue weighted by atomic mass is 10.1. The highest BCUT2D eigenvalue weighted by Crippen LogP contribution is 2.06. The SMILES string of the molecule is CCCOC(=O)/C=C/C(=O)OCCCCCCCCCl. The molecule has 0 aliphatic rings. The molecule has 0 aromatic heterocycles. The van der Waals surface area contributed by atoms with Crippen molar-refractivity contribution in [3.63, 3.8) is 0 Å². The average Bonchev–Trinajstić information content (AvgIpc) is 2.45. The second-order valence-electron chi connectivity index (χ2n) is 4.48. The maximum Gasteiger partial charge on any atom is 0.331 e. The zero-order valence-electron chi connectivity index (χ0n) is 12.2. The first-order valence-corrected chi connectivity index (χ1v) is 7.81. The van der Waals surface area contributed by atoms with Crippen LogP contribution in [0.15, 0.2) is 12.2 Å². The van der Waals surface area contributed by atoms with Crippen LogP contribution in [0.2, 0.25) is 0 Å². The van der Waals surface area contributed by atoms with E-state index in [0.717, 1.165) is 56.6 Å². The van der Waals surface area contributed by atoms with E-state index < -0.39 is 11.9 Å². The van der Waals surface area contributed by atoms with Gasteiger partial charge in [-0.3, -0.25) is 0 Å². The van der Waals surface area contributed by atoms with Gasteiger partial charge in [-0.1, -0.05) is 32.6 Å². The molecule has 0 saturated carbocycles. The van der Waals surface area contributed by atoms with E-state index in [9.17, 15) is 9.59 Å². The summed E-state index contributed by atoms with van der Waals surface area (Å²) in [6.45, 7) is 2.66. The van der Waals surface area contributed by atoms with Gasteiger partial charge in [-0.2, -0.15) is 0 Å². The topological polar surface area (TPSA) is 52.6 Å². The molecule has 0 rings (SSSR count). The number of esters is 2. The minimum Gasteiger partial charge on any atom is -0.463 e. The van der Waals surface area contributed by atoms with Gasteiger partial charge in [-0.25, -0.2) is 9.59 Å². The van der Waals surface area contributed by atoms with Gasteiger partial charge >= 0.3 is 11.9 Å². The molecule has 0 aliphatic carbocycles. The Kier molecular flexibility index (Phi) is 13.6. The van der Waals surface area contributed by atoms with Crippen LogP contribution < -0.4 is 0 Å². The van der Waals surface area contributed by atoms with Gasteiger partial charge in [0, 0.05) is 18.0 Å². The molecule has 0 aromatic carbocycles. The standard InChI is InChI=1S/C15H25ClO4/c1-2-12-19-14(17)9-10-15(18)20-13-8-6-4-3-5-7-11-16/h9-10H,2-8,11-13H2,1H3/b10-9+. The van der Waals surface area contributed by atoms with E-state index in [4.69, 9.17) is 21.1 Å². The summed E-state index contributed by atoms with van der Waals surface area (Å²) in [7, 11) is 0. The highest BCUT2D eigenvalue weighted by atomic mass is 35.5. The zero-order chi connectivity index (χ0) is 15.1. The molecule has 0 heterocycles. The zero-order valence-corrected chi connectivity index (χ0v) is 13.0. The van der Waals surface area contributed by atoms with Gasteiger partial charge in [0.05, 0.1) is 13.2 Å². The number of halogens is 1. The minimum absolute atomic E-state index is 0.363. The van der Waals surface area contributed by atoms with Crippen LogP contribution in [0.3, 0.4) is 0 Å². The van der Waals surface area contributed by atoms with Gasteiger partial charge in [-0.15, -0.1) is 11.6 Å². The molecule has 116 valence electrons. The summed E-state index contributed by atoms with van der Waals surface area (Å²) in [5.41, 5.74) is 0. The first-order valence-electron chi connectivity index (χ1n) is 7.28. The molecule has 0 bridgehead atoms. The van der Waals surface area contributed by atoms with Crippen LogP contribution in [0.1, 0.15) is 51.9 Å². The van der Waals surface area contributed by atoms with E-state index in [-0.39, 0.29) is 0 Å². The second kappa shape index (κ2) is 14.4. The summed E-state index contributed by atoms with van der Waals surface area (Å²) in [5, 5.41) is 0. The van der Waals surface area contributed by atoms with Crippen molar-refractivity contribution in [2.75, 3.05) is 19.1 Å². The summed E-state index contributed by atoms with van der Waals surface area (Å²) in [4.78, 5) is 22.3. The molecule has 0 unspecified atom stereocenters. The van der Waals surface area contributed by atoms with Gasteiger partial charge in [-0.05, 0) is 19.3 Å². The molecule has 4 nitrogen and oxygen atoms in total. The molecule has 0 saturated heterocycles. The minimum atomic E-state index is -0.511. The van der Waals surface area contributed by atoms with Gasteiger partial charge in [0.25, 0.3) is 0 Å². The molecule has 0 fully saturated rings. The Bertz CT molecular complexity index is 290. The number of unbranched alkanes of at least 4 members (excludes halogenated alkanes) is 5. The van der Waals surface area contributed by atoms with Crippen molar-refractivity contribution >= 4 is 23.5 Å². The summed E-state index contributed by atoms with van der Waals surface area (Å²) in [6, 6.07) is 0. The number of hydrogen-bond acceptors (Lipinski definition) is 4. The van der Waals surface area contributed by atoms with Crippen LogP contribution in [-0.4, -0.2) is 31.0 Å². The predicted octanol–water partition coefficient (Wildman–Crippen LogP) is 3.62. The van der Waals surface area contributed by atoms with Gasteiger partial charge in [0.15, 0.2) is 0 Å². The van der Waals surface area contributed by atoms with Crippen molar-refractivity contribution in [1.29, 1.82) is 0 Å². The molecular formula is C15H25ClO4. The Morgan fingerprint density at radius 1 is 0.850 bits per heavy atom. The number of carbonyl (C=O) groups is 2. The summed E-state index contributed by atoms with van der Waals surface area (Å²) < 4.78 is 9.76. The number of alkyl halides is 1. The van der Waals surface area contributed by atoms with Gasteiger partial charge in [0.2, 0.25) is 0 Å². The molecular weight excluding hydrogens is 280 g/mol. The smallest absolute Gasteiger partial charge is 0.331 e. The molecule has 0 atom stereocenters. The van der Waals surface area contributed by atoms with E-state index >= 15 is 0 Å². The molecule has 0 amide bonds. The monoisotopic (exact) mass is 304 g/mol. The Balaban J connectivity index is 3.44. The van der Waals surface area contributed by atoms with Crippen molar-refractivity contribution in [2.45, 2.75) is 51.9 Å². The van der Waals surface area contributed by atoms with Gasteiger partial charge in [0.1, 0.15) is 0 Å². The van der Waals surface area contributed by atoms with E-state index in [1.165, 1.54) is 6.42 Å². The first-order chi connectivity index (χ1) is 9.70. The summed E-state index contributed by atoms with van der Waals surface area (Å²) in [6.07, 6.45) is 9.38. The van der Waals surface area contributed by atoms with Crippen LogP contribution in [0.25, 0.3) is 0 Å². The number of carbonyl (C=O) groups excluding carboxylic acids is 2. The van der Waals surface area contributed by atoms with Crippen molar-refractivity contribution in [3.8, 4) is 0 Å². The largest absolute Gasteiger partial charge is 0.463 e. The van der Waals surface area contributed by atoms with Crippen LogP contribution in [0.4, 0.5) is 0 Å². The molecule has 0 spiro atoms. The fraction of sp³-hybridized carbons (Fsp3) is 0.733. The second-order valence-corrected chi connectivity index (χ2v) is 4.86. The highest BCUT2D eigenvalue weighted by molar-refractivity contribution is 6.17. The molecule has 5 heteroatoms. The molecule has 0 aromatic rings. The van der Waals surface area contributed by atoms with Crippen molar-refractivity contribution in [1.82, 2.24) is 0 Å². The van der Waals surface area contributed by atoms with E-state index in [1.807, 2.05) is 6.92 Å². The van der Waals surface area contributed by atoms with Gasteiger partial charge < -0.3 is 9.47 Å². The van der Waals surface area contributed by atoms with Crippen molar-refractivity contribution in [3.05, 3.63) is 12.2 Å². The van der Waals surface area contributed by atoms with Crippen molar-refractivity contribution in [2.24, 2.45) is 0 Å². The molecule has 0 N–H and O–H groups in total. The van der Waals surface area contributed by atoms with Crippen LogP contribution in [-0.2, 0) is 19.1 Å². The summed E-state index contributed by atoms with van der Waals surface area (Å²) >= 11 is 5.58. The van der Waals surface area contributed by atoms with Crippen LogP contribution in [0, 0.1) is 0 Å². The lowest BCUT2D eigenvalue weighted by Gasteiger charge is -2.02. The maximum absolute atomic E-state index is 11.3. The normalized spacial score (nSPS) is 10.7. The lowest BCUT2D eigenvalue weighted by Crippen LogP contribution is -2.05. The Labute approximate surface area is 126 Å². The Morgan fingerprint density at radius 2 is 1.35 bits per heavy atom. The van der Waals surface area contributed by atoms with E-state index in [1.54, 1.807) is 0 Å². The summed E-state index contributed by atoms with van der Waals surface area (Å²) in [5.74, 6) is -0.284. The average molecular weight is 305 g/mol. The lowest BCUT2D eigenvalue weighted by molar-refractivity contribution is -0.140. The quantitative estimate of drug-likeness (QED) is 0.239. The Hall–Kier alpha value is -1.03. The molecule has 0 radical (unpaired) electrons. The predicted molar refractivity (Wildman–Crippen MR) is 79.8 cm³/mol.